The van der Waals surface area contributed by atoms with Crippen molar-refractivity contribution < 1.29 is 24.1 Å². The Hall–Kier alpha value is -2.85. The number of ether oxygens (including phenoxy) is 3. The third kappa shape index (κ3) is 9.40. The van der Waals surface area contributed by atoms with Gasteiger partial charge in [-0.1, -0.05) is 45.3 Å². The molecule has 0 aromatic carbocycles. The fraction of sp³-hybridized carbons (Fsp3) is 0.684. The van der Waals surface area contributed by atoms with Gasteiger partial charge in [-0.15, -0.1) is 0 Å². The van der Waals surface area contributed by atoms with Crippen molar-refractivity contribution in [3.05, 3.63) is 42.0 Å². The van der Waals surface area contributed by atoms with Crippen LogP contribution in [0.25, 0.3) is 16.8 Å². The lowest BCUT2D eigenvalue weighted by molar-refractivity contribution is 0.00568. The second-order valence-electron chi connectivity index (χ2n) is 18.5. The quantitative estimate of drug-likeness (QED) is 0.100. The Kier molecular flexibility index (Phi) is 10.8. The van der Waals surface area contributed by atoms with Gasteiger partial charge >= 0.3 is 6.09 Å². The summed E-state index contributed by atoms with van der Waals surface area (Å²) in [5.74, 6) is 1.04. The van der Waals surface area contributed by atoms with Crippen LogP contribution in [0.15, 0.2) is 30.6 Å². The number of piperidine rings is 1. The summed E-state index contributed by atoms with van der Waals surface area (Å²) in [4.78, 5) is 27.4. The van der Waals surface area contributed by atoms with Crippen LogP contribution in [0.3, 0.4) is 0 Å². The molecule has 3 aliphatic rings. The first kappa shape index (κ1) is 37.9. The van der Waals surface area contributed by atoms with E-state index in [1.165, 1.54) is 0 Å². The largest absolute Gasteiger partial charge is 0.444 e. The highest BCUT2D eigenvalue weighted by atomic mass is 28.3. The van der Waals surface area contributed by atoms with Gasteiger partial charge in [0.05, 0.1) is 11.9 Å². The van der Waals surface area contributed by atoms with Crippen molar-refractivity contribution >= 4 is 33.7 Å². The van der Waals surface area contributed by atoms with Crippen LogP contribution in [0, 0.1) is 0 Å². The number of anilines is 1. The van der Waals surface area contributed by atoms with Crippen LogP contribution >= 0.6 is 0 Å². The van der Waals surface area contributed by atoms with E-state index in [2.05, 4.69) is 55.2 Å². The highest BCUT2D eigenvalue weighted by molar-refractivity contribution is 6.76. The molecule has 0 spiro atoms. The molecular weight excluding hydrogens is 677 g/mol. The van der Waals surface area contributed by atoms with E-state index in [-0.39, 0.29) is 24.1 Å². The average Bonchev–Trinajstić information content (AvgIpc) is 3.54. The standard InChI is InChI=1S/C38H60N6O5Si2/c1-37(2,3)49-36(45)43-29-11-12-30(43)21-28(20-29)32-22-34(42(25-47-16-18-50(4,5)6)26-48-17-19-51(7,8)9)44-35(41-32)31(24-40-44)27-10-13-33(39-23-27)38(46)14-15-38/h10,13,22-24,28-30,46H,11-12,14-21,25-26H2,1-9H3. The SMILES string of the molecule is CC(C)(C)OC(=O)N1C2CCC1CC(c1cc(N(COCC[Si](C)(C)C)COCC[Si](C)(C)C)n3ncc(-c4ccc(C5(O)CC5)nc4)c3n1)C2. The Balaban J connectivity index is 1.35. The van der Waals surface area contributed by atoms with Crippen molar-refractivity contribution in [2.75, 3.05) is 31.6 Å². The van der Waals surface area contributed by atoms with E-state index in [0.717, 1.165) is 78.9 Å². The fourth-order valence-electron chi connectivity index (χ4n) is 7.11. The predicted octanol–water partition coefficient (Wildman–Crippen LogP) is 7.85. The molecule has 2 aliphatic heterocycles. The molecule has 11 nitrogen and oxygen atoms in total. The van der Waals surface area contributed by atoms with Crippen molar-refractivity contribution in [3.8, 4) is 11.1 Å². The van der Waals surface area contributed by atoms with Crippen molar-refractivity contribution in [2.45, 2.75) is 140 Å². The fourth-order valence-corrected chi connectivity index (χ4v) is 8.63. The lowest BCUT2D eigenvalue weighted by atomic mass is 9.88. The zero-order valence-electron chi connectivity index (χ0n) is 32.4. The lowest BCUT2D eigenvalue weighted by Crippen LogP contribution is -2.48. The van der Waals surface area contributed by atoms with Crippen LogP contribution in [0.2, 0.25) is 51.4 Å². The number of hydrogen-bond acceptors (Lipinski definition) is 9. The van der Waals surface area contributed by atoms with Gasteiger partial charge in [-0.05, 0) is 77.5 Å². The van der Waals surface area contributed by atoms with E-state index < -0.39 is 27.3 Å². The van der Waals surface area contributed by atoms with E-state index in [9.17, 15) is 9.90 Å². The summed E-state index contributed by atoms with van der Waals surface area (Å²) in [6.45, 7) is 22.1. The highest BCUT2D eigenvalue weighted by Gasteiger charge is 2.46. The minimum absolute atomic E-state index is 0.116. The van der Waals surface area contributed by atoms with Gasteiger partial charge in [-0.25, -0.2) is 9.78 Å². The normalized spacial score (nSPS) is 21.7. The molecule has 5 heterocycles. The van der Waals surface area contributed by atoms with Gasteiger partial charge in [0.2, 0.25) is 0 Å². The maximum Gasteiger partial charge on any atom is 0.410 e. The van der Waals surface area contributed by atoms with Gasteiger partial charge in [0, 0.05) is 76.4 Å². The molecule has 280 valence electrons. The molecule has 1 aliphatic carbocycles. The number of amides is 1. The molecule has 2 bridgehead atoms. The summed E-state index contributed by atoms with van der Waals surface area (Å²) in [7, 11) is -2.55. The number of pyridine rings is 1. The molecule has 2 atom stereocenters. The van der Waals surface area contributed by atoms with Crippen LogP contribution in [-0.4, -0.2) is 96.2 Å². The topological polar surface area (TPSA) is 115 Å². The first-order valence-corrected chi connectivity index (χ1v) is 26.3. The first-order chi connectivity index (χ1) is 23.9. The minimum Gasteiger partial charge on any atom is -0.444 e. The minimum atomic E-state index is -1.27. The molecular formula is C38H60N6O5Si2. The third-order valence-corrected chi connectivity index (χ3v) is 13.7. The maximum atomic E-state index is 13.3. The van der Waals surface area contributed by atoms with E-state index in [1.54, 1.807) is 0 Å². The number of aliphatic hydroxyl groups is 1. The molecule has 51 heavy (non-hydrogen) atoms. The second kappa shape index (κ2) is 14.5. The summed E-state index contributed by atoms with van der Waals surface area (Å²) in [6, 6.07) is 8.50. The molecule has 0 radical (unpaired) electrons. The van der Waals surface area contributed by atoms with Crippen LogP contribution in [0.4, 0.5) is 10.6 Å². The van der Waals surface area contributed by atoms with Gasteiger partial charge in [-0.3, -0.25) is 4.98 Å². The summed E-state index contributed by atoms with van der Waals surface area (Å²) in [5, 5.41) is 15.5. The number of aromatic nitrogens is 4. The Morgan fingerprint density at radius 2 is 1.57 bits per heavy atom. The Labute approximate surface area is 306 Å². The van der Waals surface area contributed by atoms with Crippen LogP contribution in [0.1, 0.15) is 76.6 Å². The molecule has 6 rings (SSSR count). The molecule has 2 unspecified atom stereocenters. The number of rotatable bonds is 14. The predicted molar refractivity (Wildman–Crippen MR) is 207 cm³/mol. The molecule has 1 N–H and O–H groups in total. The smallest absolute Gasteiger partial charge is 0.410 e. The van der Waals surface area contributed by atoms with E-state index >= 15 is 0 Å². The maximum absolute atomic E-state index is 13.3. The van der Waals surface area contributed by atoms with Crippen molar-refractivity contribution in [2.24, 2.45) is 0 Å². The Bertz CT molecular complexity index is 1640. The molecule has 1 saturated carbocycles. The summed E-state index contributed by atoms with van der Waals surface area (Å²) in [6.07, 6.45) is 8.57. The van der Waals surface area contributed by atoms with E-state index in [0.29, 0.717) is 32.4 Å². The van der Waals surface area contributed by atoms with Crippen molar-refractivity contribution in [1.29, 1.82) is 0 Å². The van der Waals surface area contributed by atoms with Gasteiger partial charge < -0.3 is 29.1 Å². The van der Waals surface area contributed by atoms with Crippen LogP contribution < -0.4 is 4.90 Å². The summed E-state index contributed by atoms with van der Waals surface area (Å²) >= 11 is 0. The molecule has 2 saturated heterocycles. The van der Waals surface area contributed by atoms with E-state index in [4.69, 9.17) is 24.3 Å². The third-order valence-electron chi connectivity index (χ3n) is 10.3. The molecule has 13 heteroatoms. The zero-order valence-corrected chi connectivity index (χ0v) is 34.4. The lowest BCUT2D eigenvalue weighted by Gasteiger charge is -2.39. The van der Waals surface area contributed by atoms with E-state index in [1.807, 2.05) is 54.7 Å². The van der Waals surface area contributed by atoms with Crippen molar-refractivity contribution in [1.82, 2.24) is 24.5 Å². The molecule has 3 aromatic rings. The average molecular weight is 737 g/mol. The second-order valence-corrected chi connectivity index (χ2v) is 29.7. The van der Waals surface area contributed by atoms with Gasteiger partial charge in [-0.2, -0.15) is 9.61 Å². The summed E-state index contributed by atoms with van der Waals surface area (Å²) < 4.78 is 20.5. The van der Waals surface area contributed by atoms with Gasteiger partial charge in [0.1, 0.15) is 30.5 Å². The number of hydrogen-bond donors (Lipinski definition) is 1. The number of nitrogens with zero attached hydrogens (tertiary/aromatic N) is 6. The Morgan fingerprint density at radius 1 is 0.961 bits per heavy atom. The number of fused-ring (bicyclic) bond motifs is 3. The van der Waals surface area contributed by atoms with Crippen LogP contribution in [-0.2, 0) is 19.8 Å². The Morgan fingerprint density at radius 3 is 2.08 bits per heavy atom. The molecule has 1 amide bonds. The monoisotopic (exact) mass is 736 g/mol. The molecule has 3 fully saturated rings. The van der Waals surface area contributed by atoms with Gasteiger partial charge in [0.15, 0.2) is 5.65 Å². The van der Waals surface area contributed by atoms with Crippen molar-refractivity contribution in [3.63, 3.8) is 0 Å². The summed E-state index contributed by atoms with van der Waals surface area (Å²) in [5.41, 5.74) is 2.91. The zero-order chi connectivity index (χ0) is 36.8. The highest BCUT2D eigenvalue weighted by Crippen LogP contribution is 2.46. The van der Waals surface area contributed by atoms with Crippen LogP contribution in [0.5, 0.6) is 0 Å². The first-order valence-electron chi connectivity index (χ1n) is 18.9. The number of carbonyl (C=O) groups is 1. The number of carbonyl (C=O) groups excluding carboxylic acids is 1. The molecule has 3 aromatic heterocycles. The van der Waals surface area contributed by atoms with Gasteiger partial charge in [0.25, 0.3) is 0 Å².